The Kier molecular flexibility index (Phi) is 3.86. The normalized spacial score (nSPS) is 28.2. The van der Waals surface area contributed by atoms with Crippen LogP contribution in [0.4, 0.5) is 14.9 Å². The van der Waals surface area contributed by atoms with Gasteiger partial charge < -0.3 is 15.7 Å². The first kappa shape index (κ1) is 17.5. The summed E-state index contributed by atoms with van der Waals surface area (Å²) in [5.41, 5.74) is 1.13. The number of rotatable bonds is 3. The number of aliphatic hydroxyl groups is 1. The largest absolute Gasteiger partial charge is 0.385 e. The molecule has 2 saturated carbocycles. The number of urea groups is 1. The van der Waals surface area contributed by atoms with Crippen molar-refractivity contribution in [3.05, 3.63) is 59.0 Å². The Morgan fingerprint density at radius 3 is 2.68 bits per heavy atom. The van der Waals surface area contributed by atoms with Crippen molar-refractivity contribution in [3.8, 4) is 0 Å². The third-order valence-corrected chi connectivity index (χ3v) is 6.12. The van der Waals surface area contributed by atoms with Crippen LogP contribution in [-0.4, -0.2) is 27.4 Å². The van der Waals surface area contributed by atoms with E-state index in [2.05, 4.69) is 20.8 Å². The second kappa shape index (κ2) is 6.18. The minimum absolute atomic E-state index is 0.0275. The smallest absolute Gasteiger partial charge is 0.319 e. The van der Waals surface area contributed by atoms with Crippen molar-refractivity contribution in [3.63, 3.8) is 0 Å². The quantitative estimate of drug-likeness (QED) is 0.539. The van der Waals surface area contributed by atoms with Gasteiger partial charge in [0.05, 0.1) is 17.3 Å². The molecule has 2 fully saturated rings. The predicted octanol–water partition coefficient (Wildman–Crippen LogP) is 3.77. The summed E-state index contributed by atoms with van der Waals surface area (Å²) >= 11 is 6.21. The van der Waals surface area contributed by atoms with Crippen LogP contribution in [0, 0.1) is 17.7 Å². The maximum Gasteiger partial charge on any atom is 0.319 e. The Balaban J connectivity index is 1.26. The highest BCUT2D eigenvalue weighted by Gasteiger charge is 2.62. The van der Waals surface area contributed by atoms with Gasteiger partial charge in [0.15, 0.2) is 0 Å². The lowest BCUT2D eigenvalue weighted by Crippen LogP contribution is -2.36. The van der Waals surface area contributed by atoms with Gasteiger partial charge in [0.2, 0.25) is 0 Å². The van der Waals surface area contributed by atoms with Gasteiger partial charge in [-0.2, -0.15) is 5.10 Å². The molecule has 4 N–H and O–H groups in total. The first-order valence-corrected chi connectivity index (χ1v) is 9.49. The Morgan fingerprint density at radius 1 is 1.25 bits per heavy atom. The van der Waals surface area contributed by atoms with E-state index in [0.29, 0.717) is 23.6 Å². The van der Waals surface area contributed by atoms with Gasteiger partial charge in [0, 0.05) is 22.1 Å². The van der Waals surface area contributed by atoms with Crippen molar-refractivity contribution in [2.24, 2.45) is 11.8 Å². The lowest BCUT2D eigenvalue weighted by Gasteiger charge is -2.27. The fraction of sp³-hybridized carbons (Fsp3) is 0.300. The van der Waals surface area contributed by atoms with Gasteiger partial charge in [0.1, 0.15) is 5.82 Å². The fourth-order valence-electron chi connectivity index (χ4n) is 4.55. The Labute approximate surface area is 165 Å². The number of carbonyl (C=O) groups excluding carboxylic acids is 1. The summed E-state index contributed by atoms with van der Waals surface area (Å²) in [5, 5.41) is 25.3. The molecule has 0 radical (unpaired) electrons. The molecule has 0 saturated heterocycles. The highest BCUT2D eigenvalue weighted by molar-refractivity contribution is 6.31. The SMILES string of the molecule is O=C(Nc1ccc(F)cc1)N[C@H]1[C@@H]2C[C@@](O)(c3cc(Cl)cc4[nH]ncc34)C[C@@H]21. The molecule has 4 atom stereocenters. The molecule has 3 aromatic rings. The minimum atomic E-state index is -0.978. The first-order valence-electron chi connectivity index (χ1n) is 9.11. The highest BCUT2D eigenvalue weighted by Crippen LogP contribution is 2.60. The van der Waals surface area contributed by atoms with Gasteiger partial charge in [-0.3, -0.25) is 5.10 Å². The number of aromatic amines is 1. The molecule has 28 heavy (non-hydrogen) atoms. The topological polar surface area (TPSA) is 90.0 Å². The number of fused-ring (bicyclic) bond motifs is 2. The maximum atomic E-state index is 12.9. The monoisotopic (exact) mass is 400 g/mol. The number of benzene rings is 2. The van der Waals surface area contributed by atoms with Gasteiger partial charge >= 0.3 is 6.03 Å². The van der Waals surface area contributed by atoms with Crippen LogP contribution in [0.3, 0.4) is 0 Å². The zero-order valence-corrected chi connectivity index (χ0v) is 15.5. The summed E-state index contributed by atoms with van der Waals surface area (Å²) in [5.74, 6) is 0.0736. The van der Waals surface area contributed by atoms with E-state index in [1.54, 1.807) is 18.3 Å². The Morgan fingerprint density at radius 2 is 1.96 bits per heavy atom. The van der Waals surface area contributed by atoms with Crippen LogP contribution in [0.2, 0.25) is 5.02 Å². The average molecular weight is 401 g/mol. The van der Waals surface area contributed by atoms with Crippen molar-refractivity contribution in [1.29, 1.82) is 0 Å². The van der Waals surface area contributed by atoms with Crippen LogP contribution in [0.5, 0.6) is 0 Å². The van der Waals surface area contributed by atoms with Crippen molar-refractivity contribution >= 4 is 34.2 Å². The van der Waals surface area contributed by atoms with Crippen LogP contribution in [0.25, 0.3) is 10.9 Å². The summed E-state index contributed by atoms with van der Waals surface area (Å²) in [7, 11) is 0. The number of hydrogen-bond donors (Lipinski definition) is 4. The van der Waals surface area contributed by atoms with E-state index >= 15 is 0 Å². The van der Waals surface area contributed by atoms with Gasteiger partial charge in [-0.15, -0.1) is 0 Å². The van der Waals surface area contributed by atoms with Crippen molar-refractivity contribution in [2.75, 3.05) is 5.32 Å². The van der Waals surface area contributed by atoms with E-state index in [4.69, 9.17) is 11.6 Å². The molecule has 0 spiro atoms. The van der Waals surface area contributed by atoms with E-state index in [-0.39, 0.29) is 29.7 Å². The number of anilines is 1. The molecule has 2 aliphatic rings. The number of H-pyrrole nitrogens is 1. The van der Waals surface area contributed by atoms with Crippen LogP contribution in [0.1, 0.15) is 18.4 Å². The Hall–Kier alpha value is -2.64. The van der Waals surface area contributed by atoms with Gasteiger partial charge in [-0.1, -0.05) is 11.6 Å². The lowest BCUT2D eigenvalue weighted by atomic mass is 9.86. The molecule has 0 bridgehead atoms. The van der Waals surface area contributed by atoms with Crippen molar-refractivity contribution in [2.45, 2.75) is 24.5 Å². The predicted molar refractivity (Wildman–Crippen MR) is 104 cm³/mol. The van der Waals surface area contributed by atoms with E-state index in [9.17, 15) is 14.3 Å². The number of nitrogens with zero attached hydrogens (tertiary/aromatic N) is 1. The molecule has 0 unspecified atom stereocenters. The molecular weight excluding hydrogens is 383 g/mol. The molecule has 0 aliphatic heterocycles. The summed E-state index contributed by atoms with van der Waals surface area (Å²) < 4.78 is 12.9. The number of aromatic nitrogens is 2. The maximum absolute atomic E-state index is 12.9. The van der Waals surface area contributed by atoms with E-state index in [0.717, 1.165) is 16.5 Å². The minimum Gasteiger partial charge on any atom is -0.385 e. The van der Waals surface area contributed by atoms with Crippen LogP contribution >= 0.6 is 11.6 Å². The van der Waals surface area contributed by atoms with Crippen LogP contribution in [-0.2, 0) is 5.60 Å². The highest BCUT2D eigenvalue weighted by atomic mass is 35.5. The van der Waals surface area contributed by atoms with Crippen LogP contribution < -0.4 is 10.6 Å². The zero-order chi connectivity index (χ0) is 19.5. The van der Waals surface area contributed by atoms with Gasteiger partial charge in [-0.25, -0.2) is 9.18 Å². The second-order valence-corrected chi connectivity index (χ2v) is 8.12. The molecule has 6 nitrogen and oxygen atoms in total. The number of halogens is 2. The van der Waals surface area contributed by atoms with E-state index in [1.807, 2.05) is 0 Å². The molecule has 5 rings (SSSR count). The summed E-state index contributed by atoms with van der Waals surface area (Å²) in [6, 6.07) is 8.90. The molecule has 1 heterocycles. The van der Waals surface area contributed by atoms with Gasteiger partial charge in [-0.05, 0) is 66.6 Å². The van der Waals surface area contributed by atoms with Crippen molar-refractivity contribution < 1.29 is 14.3 Å². The fourth-order valence-corrected chi connectivity index (χ4v) is 4.77. The molecular formula is C20H18ClFN4O2. The molecule has 1 aromatic heterocycles. The van der Waals surface area contributed by atoms with E-state index in [1.165, 1.54) is 24.3 Å². The zero-order valence-electron chi connectivity index (χ0n) is 14.7. The third kappa shape index (κ3) is 2.91. The number of hydrogen-bond acceptors (Lipinski definition) is 3. The summed E-state index contributed by atoms with van der Waals surface area (Å²) in [4.78, 5) is 12.2. The second-order valence-electron chi connectivity index (χ2n) is 7.68. The van der Waals surface area contributed by atoms with Crippen molar-refractivity contribution in [1.82, 2.24) is 15.5 Å². The van der Waals surface area contributed by atoms with Crippen LogP contribution in [0.15, 0.2) is 42.6 Å². The average Bonchev–Trinajstić information content (AvgIpc) is 3.03. The number of nitrogens with one attached hydrogen (secondary N) is 3. The molecule has 2 amide bonds. The lowest BCUT2D eigenvalue weighted by molar-refractivity contribution is 0.0300. The summed E-state index contributed by atoms with van der Waals surface area (Å²) in [6.07, 6.45) is 2.81. The molecule has 144 valence electrons. The number of amides is 2. The standard InChI is InChI=1S/C20H18ClFN4O2/c21-10-5-16(15-9-23-26-17(15)6-10)20(28)7-13-14(8-20)18(13)25-19(27)24-12-3-1-11(22)2-4-12/h1-6,9,13-14,18,28H,7-8H2,(H,23,26)(H2,24,25,27)/t13-,14+,18+,20+. The Bertz CT molecular complexity index is 1060. The molecule has 2 aromatic carbocycles. The summed E-state index contributed by atoms with van der Waals surface area (Å²) in [6.45, 7) is 0. The molecule has 8 heteroatoms. The first-order chi connectivity index (χ1) is 13.4. The van der Waals surface area contributed by atoms with Gasteiger partial charge in [0.25, 0.3) is 0 Å². The van der Waals surface area contributed by atoms with E-state index < -0.39 is 5.60 Å². The number of carbonyl (C=O) groups is 1. The third-order valence-electron chi connectivity index (χ3n) is 5.90. The molecule has 2 aliphatic carbocycles.